The van der Waals surface area contributed by atoms with E-state index in [2.05, 4.69) is 17.2 Å². The number of nitrogens with two attached hydrogens (primary N) is 1. The fraction of sp³-hybridized carbons (Fsp3) is 0.429. The highest BCUT2D eigenvalue weighted by atomic mass is 32.1. The fourth-order valence-corrected chi connectivity index (χ4v) is 2.41. The smallest absolute Gasteiger partial charge is 0.254 e. The summed E-state index contributed by atoms with van der Waals surface area (Å²) in [5.41, 5.74) is 5.86. The summed E-state index contributed by atoms with van der Waals surface area (Å²) >= 11 is 1.40. The number of hydrogen-bond donors (Lipinski definition) is 2. The van der Waals surface area contributed by atoms with Crippen LogP contribution in [-0.2, 0) is 4.79 Å². The van der Waals surface area contributed by atoms with Gasteiger partial charge in [0.1, 0.15) is 0 Å². The van der Waals surface area contributed by atoms with E-state index in [1.54, 1.807) is 18.5 Å². The third-order valence-corrected chi connectivity index (χ3v) is 3.68. The summed E-state index contributed by atoms with van der Waals surface area (Å²) in [6.07, 6.45) is 2.08. The van der Waals surface area contributed by atoms with Gasteiger partial charge in [0.15, 0.2) is 0 Å². The maximum Gasteiger partial charge on any atom is 0.254 e. The number of likely N-dealkylation sites (N-methyl/N-ethyl adjacent to an activating group) is 1. The van der Waals surface area contributed by atoms with Crippen molar-refractivity contribution in [1.82, 2.24) is 10.2 Å². The molecule has 2 amide bonds. The second-order valence-corrected chi connectivity index (χ2v) is 5.62. The third-order valence-electron chi connectivity index (χ3n) is 2.83. The zero-order chi connectivity index (χ0) is 14.5. The molecule has 0 spiro atoms. The molecule has 0 saturated heterocycles. The minimum Gasteiger partial charge on any atom is -0.352 e. The number of amides is 2. The van der Waals surface area contributed by atoms with Crippen molar-refractivity contribution in [3.63, 3.8) is 0 Å². The third kappa shape index (κ3) is 4.08. The predicted molar refractivity (Wildman–Crippen MR) is 78.4 cm³/mol. The molecule has 1 aliphatic rings. The Morgan fingerprint density at radius 1 is 1.55 bits per heavy atom. The lowest BCUT2D eigenvalue weighted by atomic mass is 10.2. The molecule has 0 radical (unpaired) electrons. The van der Waals surface area contributed by atoms with Crippen molar-refractivity contribution in [2.75, 3.05) is 20.1 Å². The first-order chi connectivity index (χ1) is 9.60. The Morgan fingerprint density at radius 2 is 2.30 bits per heavy atom. The molecule has 0 atom stereocenters. The lowest BCUT2D eigenvalue weighted by Gasteiger charge is -2.15. The molecule has 1 aliphatic carbocycles. The highest BCUT2D eigenvalue weighted by molar-refractivity contribution is 7.10. The standard InChI is InChI=1S/C14H17N3O2S/c1-17(8-13(18)16-11-4-5-11)14(19)10-7-12(20-9-10)3-2-6-15/h7,9,11H,4-6,8,15H2,1H3,(H,16,18). The number of carbonyl (C=O) groups is 2. The van der Waals surface area contributed by atoms with Crippen LogP contribution in [0.2, 0.25) is 0 Å². The van der Waals surface area contributed by atoms with Crippen LogP contribution in [0.25, 0.3) is 0 Å². The van der Waals surface area contributed by atoms with Gasteiger partial charge in [0, 0.05) is 18.5 Å². The summed E-state index contributed by atoms with van der Waals surface area (Å²) in [7, 11) is 1.62. The SMILES string of the molecule is CN(CC(=O)NC1CC1)C(=O)c1csc(C#CCN)c1. The van der Waals surface area contributed by atoms with Crippen LogP contribution in [0.4, 0.5) is 0 Å². The summed E-state index contributed by atoms with van der Waals surface area (Å²) in [6.45, 7) is 0.372. The van der Waals surface area contributed by atoms with Crippen molar-refractivity contribution in [2.45, 2.75) is 18.9 Å². The van der Waals surface area contributed by atoms with E-state index >= 15 is 0 Å². The molecular formula is C14H17N3O2S. The Morgan fingerprint density at radius 3 is 2.95 bits per heavy atom. The predicted octanol–water partition coefficient (Wildman–Crippen LogP) is 0.409. The monoisotopic (exact) mass is 291 g/mol. The van der Waals surface area contributed by atoms with Crippen LogP contribution in [0.1, 0.15) is 28.1 Å². The molecule has 106 valence electrons. The van der Waals surface area contributed by atoms with Crippen molar-refractivity contribution in [3.05, 3.63) is 21.9 Å². The molecule has 1 aromatic rings. The largest absolute Gasteiger partial charge is 0.352 e. The van der Waals surface area contributed by atoms with Gasteiger partial charge >= 0.3 is 0 Å². The number of nitrogens with zero attached hydrogens (tertiary/aromatic N) is 1. The van der Waals surface area contributed by atoms with Gasteiger partial charge in [-0.25, -0.2) is 0 Å². The first-order valence-corrected chi connectivity index (χ1v) is 7.30. The Balaban J connectivity index is 1.91. The normalized spacial score (nSPS) is 13.3. The zero-order valence-corrected chi connectivity index (χ0v) is 12.1. The highest BCUT2D eigenvalue weighted by Crippen LogP contribution is 2.18. The molecule has 2 rings (SSSR count). The second kappa shape index (κ2) is 6.55. The van der Waals surface area contributed by atoms with Gasteiger partial charge in [0.25, 0.3) is 5.91 Å². The summed E-state index contributed by atoms with van der Waals surface area (Å²) in [4.78, 5) is 26.0. The molecular weight excluding hydrogens is 274 g/mol. The van der Waals surface area contributed by atoms with Gasteiger partial charge in [-0.05, 0) is 18.9 Å². The minimum atomic E-state index is -0.173. The molecule has 1 fully saturated rings. The van der Waals surface area contributed by atoms with Gasteiger partial charge in [-0.15, -0.1) is 11.3 Å². The Labute approximate surface area is 122 Å². The number of hydrogen-bond acceptors (Lipinski definition) is 4. The number of nitrogens with one attached hydrogen (secondary N) is 1. The number of rotatable bonds is 4. The van der Waals surface area contributed by atoms with Gasteiger partial charge in [0.05, 0.1) is 23.5 Å². The molecule has 0 bridgehead atoms. The maximum atomic E-state index is 12.1. The molecule has 0 aromatic carbocycles. The van der Waals surface area contributed by atoms with Crippen LogP contribution in [0.15, 0.2) is 11.4 Å². The van der Waals surface area contributed by atoms with Gasteiger partial charge in [0.2, 0.25) is 5.91 Å². The number of thiophene rings is 1. The van der Waals surface area contributed by atoms with Gasteiger partial charge < -0.3 is 16.0 Å². The van der Waals surface area contributed by atoms with E-state index < -0.39 is 0 Å². The van der Waals surface area contributed by atoms with E-state index in [1.807, 2.05) is 0 Å². The van der Waals surface area contributed by atoms with Crippen LogP contribution in [-0.4, -0.2) is 42.9 Å². The Kier molecular flexibility index (Phi) is 4.77. The molecule has 1 saturated carbocycles. The van der Waals surface area contributed by atoms with E-state index in [-0.39, 0.29) is 18.4 Å². The van der Waals surface area contributed by atoms with Crippen LogP contribution < -0.4 is 11.1 Å². The van der Waals surface area contributed by atoms with Gasteiger partial charge in [-0.2, -0.15) is 0 Å². The van der Waals surface area contributed by atoms with Crippen molar-refractivity contribution < 1.29 is 9.59 Å². The van der Waals surface area contributed by atoms with Gasteiger partial charge in [-0.3, -0.25) is 9.59 Å². The summed E-state index contributed by atoms with van der Waals surface area (Å²) in [5, 5.41) is 4.61. The fourth-order valence-electron chi connectivity index (χ4n) is 1.66. The van der Waals surface area contributed by atoms with Crippen LogP contribution in [0, 0.1) is 11.8 Å². The zero-order valence-electron chi connectivity index (χ0n) is 11.3. The average molecular weight is 291 g/mol. The second-order valence-electron chi connectivity index (χ2n) is 4.71. The van der Waals surface area contributed by atoms with E-state index in [0.717, 1.165) is 17.7 Å². The molecule has 3 N–H and O–H groups in total. The average Bonchev–Trinajstić information content (AvgIpc) is 3.10. The molecule has 1 aromatic heterocycles. The van der Waals surface area contributed by atoms with Crippen molar-refractivity contribution in [3.8, 4) is 11.8 Å². The summed E-state index contributed by atoms with van der Waals surface area (Å²) < 4.78 is 0. The quantitative estimate of drug-likeness (QED) is 0.789. The molecule has 1 heterocycles. The lowest BCUT2D eigenvalue weighted by molar-refractivity contribution is -0.121. The lowest BCUT2D eigenvalue weighted by Crippen LogP contribution is -2.39. The van der Waals surface area contributed by atoms with E-state index in [9.17, 15) is 9.59 Å². The van der Waals surface area contributed by atoms with Crippen molar-refractivity contribution in [2.24, 2.45) is 5.73 Å². The summed E-state index contributed by atoms with van der Waals surface area (Å²) in [5.74, 6) is 5.35. The van der Waals surface area contributed by atoms with Crippen LogP contribution >= 0.6 is 11.3 Å². The van der Waals surface area contributed by atoms with E-state index in [4.69, 9.17) is 5.73 Å². The number of carbonyl (C=O) groups excluding carboxylic acids is 2. The Bertz CT molecular complexity index is 566. The molecule has 0 aliphatic heterocycles. The Hall–Kier alpha value is -1.84. The van der Waals surface area contributed by atoms with Gasteiger partial charge in [-0.1, -0.05) is 11.8 Å². The van der Waals surface area contributed by atoms with E-state index in [0.29, 0.717) is 18.2 Å². The first-order valence-electron chi connectivity index (χ1n) is 6.42. The topological polar surface area (TPSA) is 75.4 Å². The molecule has 6 heteroatoms. The van der Waals surface area contributed by atoms with Crippen molar-refractivity contribution >= 4 is 23.2 Å². The minimum absolute atomic E-state index is 0.0784. The van der Waals surface area contributed by atoms with E-state index in [1.165, 1.54) is 16.2 Å². The highest BCUT2D eigenvalue weighted by Gasteiger charge is 2.24. The van der Waals surface area contributed by atoms with Crippen LogP contribution in [0.5, 0.6) is 0 Å². The first kappa shape index (κ1) is 14.6. The van der Waals surface area contributed by atoms with Crippen molar-refractivity contribution in [1.29, 1.82) is 0 Å². The maximum absolute atomic E-state index is 12.1. The molecule has 20 heavy (non-hydrogen) atoms. The molecule has 0 unspecified atom stereocenters. The summed E-state index contributed by atoms with van der Waals surface area (Å²) in [6, 6.07) is 2.04. The molecule has 5 nitrogen and oxygen atoms in total. The van der Waals surface area contributed by atoms with Crippen LogP contribution in [0.3, 0.4) is 0 Å².